The number of nitrogens with two attached hydrogens (primary N) is 1. The number of fused-ring (bicyclic) bond motifs is 1. The Balaban J connectivity index is 2.07. The number of benzene rings is 2. The van der Waals surface area contributed by atoms with E-state index < -0.39 is 0 Å². The van der Waals surface area contributed by atoms with Crippen molar-refractivity contribution >= 4 is 28.4 Å². The molecule has 2 aromatic carbocycles. The van der Waals surface area contributed by atoms with E-state index in [4.69, 9.17) is 5.73 Å². The molecule has 3 rings (SSSR count). The number of nitrogens with zero attached hydrogens (tertiary/aromatic N) is 1. The van der Waals surface area contributed by atoms with Crippen molar-refractivity contribution in [3.63, 3.8) is 0 Å². The van der Waals surface area contributed by atoms with Gasteiger partial charge >= 0.3 is 0 Å². The van der Waals surface area contributed by atoms with Crippen molar-refractivity contribution < 1.29 is 4.39 Å². The summed E-state index contributed by atoms with van der Waals surface area (Å²) in [5.41, 5.74) is 9.95. The van der Waals surface area contributed by atoms with Crippen LogP contribution in [0.3, 0.4) is 0 Å². The maximum Gasteiger partial charge on any atom is 0.123 e. The van der Waals surface area contributed by atoms with E-state index in [2.05, 4.69) is 23.1 Å². The molecule has 0 fully saturated rings. The largest absolute Gasteiger partial charge is 0.399 e. The number of thioether (sulfide) groups is 1. The molecule has 108 valence electrons. The summed E-state index contributed by atoms with van der Waals surface area (Å²) >= 11 is 1.69. The van der Waals surface area contributed by atoms with Crippen molar-refractivity contribution in [3.05, 3.63) is 59.5 Å². The van der Waals surface area contributed by atoms with E-state index in [0.29, 0.717) is 6.54 Å². The summed E-state index contributed by atoms with van der Waals surface area (Å²) in [4.78, 5) is 1.18. The minimum atomic E-state index is -0.192. The molecule has 2 nitrogen and oxygen atoms in total. The second-order valence-electron chi connectivity index (χ2n) is 5.17. The van der Waals surface area contributed by atoms with Gasteiger partial charge < -0.3 is 10.3 Å². The fourth-order valence-electron chi connectivity index (χ4n) is 2.61. The Bertz CT molecular complexity index is 808. The molecule has 0 aliphatic carbocycles. The van der Waals surface area contributed by atoms with Crippen LogP contribution in [0.2, 0.25) is 0 Å². The van der Waals surface area contributed by atoms with Crippen LogP contribution in [-0.4, -0.2) is 10.8 Å². The number of nitrogen functional groups attached to an aromatic ring is 1. The minimum absolute atomic E-state index is 0.192. The summed E-state index contributed by atoms with van der Waals surface area (Å²) in [5, 5.41) is 1.21. The van der Waals surface area contributed by atoms with Crippen LogP contribution in [0.5, 0.6) is 0 Å². The quantitative estimate of drug-likeness (QED) is 0.572. The van der Waals surface area contributed by atoms with E-state index in [1.807, 2.05) is 25.1 Å². The number of anilines is 1. The van der Waals surface area contributed by atoms with Gasteiger partial charge in [0.2, 0.25) is 0 Å². The predicted octanol–water partition coefficient (Wildman–Crippen LogP) is 4.44. The molecular formula is C17H17FN2S. The van der Waals surface area contributed by atoms with E-state index in [1.165, 1.54) is 16.3 Å². The first-order valence-corrected chi connectivity index (χ1v) is 7.98. The van der Waals surface area contributed by atoms with Gasteiger partial charge in [-0.3, -0.25) is 0 Å². The lowest BCUT2D eigenvalue weighted by Gasteiger charge is -2.10. The molecule has 4 heteroatoms. The first-order valence-electron chi connectivity index (χ1n) is 6.76. The maximum atomic E-state index is 13.2. The highest BCUT2D eigenvalue weighted by molar-refractivity contribution is 7.98. The number of aryl methyl sites for hydroxylation is 1. The van der Waals surface area contributed by atoms with Crippen LogP contribution in [0.15, 0.2) is 47.5 Å². The Hall–Kier alpha value is -1.94. The third kappa shape index (κ3) is 2.63. The lowest BCUT2D eigenvalue weighted by Crippen LogP contribution is -2.01. The fourth-order valence-corrected chi connectivity index (χ4v) is 3.26. The molecule has 2 N–H and O–H groups in total. The van der Waals surface area contributed by atoms with Crippen molar-refractivity contribution in [2.24, 2.45) is 0 Å². The summed E-state index contributed by atoms with van der Waals surface area (Å²) in [6.45, 7) is 2.65. The molecule has 0 bridgehead atoms. The molecule has 1 aromatic heterocycles. The Labute approximate surface area is 127 Å². The molecule has 21 heavy (non-hydrogen) atoms. The van der Waals surface area contributed by atoms with Gasteiger partial charge in [0.1, 0.15) is 5.82 Å². The molecule has 0 aliphatic rings. The number of halogens is 1. The molecule has 3 aromatic rings. The minimum Gasteiger partial charge on any atom is -0.399 e. The highest BCUT2D eigenvalue weighted by Gasteiger charge is 2.08. The monoisotopic (exact) mass is 300 g/mol. The lowest BCUT2D eigenvalue weighted by molar-refractivity contribution is 0.625. The molecule has 0 spiro atoms. The van der Waals surface area contributed by atoms with Gasteiger partial charge in [-0.05, 0) is 54.6 Å². The standard InChI is InChI=1S/C17H17FN2S/c1-11-7-13(18)4-3-12(11)10-20-6-5-15-16(20)8-14(19)9-17(15)21-2/h3-9H,10,19H2,1-2H3. The van der Waals surface area contributed by atoms with Gasteiger partial charge in [0.25, 0.3) is 0 Å². The van der Waals surface area contributed by atoms with Crippen molar-refractivity contribution in [1.82, 2.24) is 4.57 Å². The van der Waals surface area contributed by atoms with Crippen molar-refractivity contribution in [2.75, 3.05) is 12.0 Å². The smallest absolute Gasteiger partial charge is 0.123 e. The van der Waals surface area contributed by atoms with E-state index in [9.17, 15) is 4.39 Å². The van der Waals surface area contributed by atoms with E-state index >= 15 is 0 Å². The topological polar surface area (TPSA) is 30.9 Å². The molecular weight excluding hydrogens is 283 g/mol. The molecule has 0 saturated carbocycles. The van der Waals surface area contributed by atoms with Crippen LogP contribution in [0, 0.1) is 12.7 Å². The lowest BCUT2D eigenvalue weighted by atomic mass is 10.1. The second-order valence-corrected chi connectivity index (χ2v) is 6.02. The van der Waals surface area contributed by atoms with Gasteiger partial charge in [0.15, 0.2) is 0 Å². The maximum absolute atomic E-state index is 13.2. The first-order chi connectivity index (χ1) is 10.1. The van der Waals surface area contributed by atoms with Crippen LogP contribution in [0.25, 0.3) is 10.9 Å². The molecule has 1 heterocycles. The van der Waals surface area contributed by atoms with Crippen LogP contribution < -0.4 is 5.73 Å². The van der Waals surface area contributed by atoms with E-state index in [0.717, 1.165) is 22.3 Å². The molecule has 0 unspecified atom stereocenters. The second kappa shape index (κ2) is 5.45. The number of aromatic nitrogens is 1. The zero-order valence-electron chi connectivity index (χ0n) is 12.1. The SMILES string of the molecule is CSc1cc(N)cc2c1ccn2Cc1ccc(F)cc1C. The zero-order valence-corrected chi connectivity index (χ0v) is 12.9. The van der Waals surface area contributed by atoms with E-state index in [-0.39, 0.29) is 5.82 Å². The fraction of sp³-hybridized carbons (Fsp3) is 0.176. The third-order valence-corrected chi connectivity index (χ3v) is 4.52. The van der Waals surface area contributed by atoms with Gasteiger partial charge in [-0.25, -0.2) is 4.39 Å². The predicted molar refractivity (Wildman–Crippen MR) is 88.4 cm³/mol. The van der Waals surface area contributed by atoms with Crippen LogP contribution in [0.1, 0.15) is 11.1 Å². The van der Waals surface area contributed by atoms with Crippen LogP contribution >= 0.6 is 11.8 Å². The number of hydrogen-bond acceptors (Lipinski definition) is 2. The number of hydrogen-bond donors (Lipinski definition) is 1. The highest BCUT2D eigenvalue weighted by atomic mass is 32.2. The van der Waals surface area contributed by atoms with Crippen molar-refractivity contribution in [2.45, 2.75) is 18.4 Å². The Morgan fingerprint density at radius 3 is 2.71 bits per heavy atom. The zero-order chi connectivity index (χ0) is 15.0. The highest BCUT2D eigenvalue weighted by Crippen LogP contribution is 2.30. The first kappa shape index (κ1) is 14.0. The average Bonchev–Trinajstić information content (AvgIpc) is 2.84. The van der Waals surface area contributed by atoms with Gasteiger partial charge in [-0.15, -0.1) is 11.8 Å². The van der Waals surface area contributed by atoms with Crippen molar-refractivity contribution in [3.8, 4) is 0 Å². The molecule has 0 radical (unpaired) electrons. The van der Waals surface area contributed by atoms with Crippen molar-refractivity contribution in [1.29, 1.82) is 0 Å². The number of rotatable bonds is 3. The summed E-state index contributed by atoms with van der Waals surface area (Å²) in [6.07, 6.45) is 4.11. The van der Waals surface area contributed by atoms with Crippen LogP contribution in [0.4, 0.5) is 10.1 Å². The molecule has 0 atom stereocenters. The summed E-state index contributed by atoms with van der Waals surface area (Å²) < 4.78 is 15.4. The summed E-state index contributed by atoms with van der Waals surface area (Å²) in [5.74, 6) is -0.192. The average molecular weight is 300 g/mol. The Morgan fingerprint density at radius 1 is 1.19 bits per heavy atom. The summed E-state index contributed by atoms with van der Waals surface area (Å²) in [6, 6.07) is 11.0. The van der Waals surface area contributed by atoms with E-state index in [1.54, 1.807) is 17.8 Å². The molecule has 0 amide bonds. The summed E-state index contributed by atoms with van der Waals surface area (Å²) in [7, 11) is 0. The normalized spacial score (nSPS) is 11.2. The van der Waals surface area contributed by atoms with Gasteiger partial charge in [-0.1, -0.05) is 6.07 Å². The van der Waals surface area contributed by atoms with Gasteiger partial charge in [0.05, 0.1) is 5.52 Å². The Morgan fingerprint density at radius 2 is 2.00 bits per heavy atom. The van der Waals surface area contributed by atoms with Gasteiger partial charge in [0, 0.05) is 28.7 Å². The molecule has 0 aliphatic heterocycles. The third-order valence-electron chi connectivity index (χ3n) is 3.74. The Kier molecular flexibility index (Phi) is 3.64. The van der Waals surface area contributed by atoms with Gasteiger partial charge in [-0.2, -0.15) is 0 Å². The molecule has 0 saturated heterocycles. The van der Waals surface area contributed by atoms with Crippen LogP contribution in [-0.2, 0) is 6.54 Å².